The molecule has 2 nitrogen and oxygen atoms in total. The van der Waals surface area contributed by atoms with Gasteiger partial charge in [0.2, 0.25) is 0 Å². The van der Waals surface area contributed by atoms with E-state index in [4.69, 9.17) is 10.5 Å². The van der Waals surface area contributed by atoms with Gasteiger partial charge in [-0.2, -0.15) is 0 Å². The summed E-state index contributed by atoms with van der Waals surface area (Å²) < 4.78 is 5.17. The summed E-state index contributed by atoms with van der Waals surface area (Å²) in [6.45, 7) is 2.63. The number of anilines is 1. The van der Waals surface area contributed by atoms with Gasteiger partial charge in [0.05, 0.1) is 12.3 Å². The first-order chi connectivity index (χ1) is 4.34. The van der Waals surface area contributed by atoms with Crippen molar-refractivity contribution in [3.63, 3.8) is 0 Å². The molecule has 0 spiro atoms. The van der Waals surface area contributed by atoms with E-state index >= 15 is 0 Å². The zero-order chi connectivity index (χ0) is 6.69. The second kappa shape index (κ2) is 2.73. The van der Waals surface area contributed by atoms with Crippen molar-refractivity contribution in [3.8, 4) is 5.06 Å². The van der Waals surface area contributed by atoms with Crippen LogP contribution in [0.2, 0.25) is 0 Å². The first-order valence-electron chi connectivity index (χ1n) is 2.80. The molecule has 50 valence electrons. The summed E-state index contributed by atoms with van der Waals surface area (Å²) in [6, 6.07) is 1.84. The number of hydrogen-bond donors (Lipinski definition) is 1. The van der Waals surface area contributed by atoms with Gasteiger partial charge in [0.15, 0.2) is 5.06 Å². The van der Waals surface area contributed by atoms with Crippen LogP contribution in [-0.2, 0) is 0 Å². The summed E-state index contributed by atoms with van der Waals surface area (Å²) >= 11 is 1.53. The topological polar surface area (TPSA) is 35.2 Å². The minimum Gasteiger partial charge on any atom is -0.483 e. The van der Waals surface area contributed by atoms with Crippen molar-refractivity contribution in [1.82, 2.24) is 0 Å². The molecule has 0 aromatic carbocycles. The normalized spacial score (nSPS) is 9.44. The lowest BCUT2D eigenvalue weighted by Crippen LogP contribution is -1.91. The highest BCUT2D eigenvalue weighted by atomic mass is 32.1. The van der Waals surface area contributed by atoms with Crippen LogP contribution in [0, 0.1) is 0 Å². The average Bonchev–Trinajstić information content (AvgIpc) is 2.18. The smallest absolute Gasteiger partial charge is 0.197 e. The Labute approximate surface area is 58.3 Å². The van der Waals surface area contributed by atoms with Gasteiger partial charge in [-0.05, 0) is 18.4 Å². The Hall–Kier alpha value is -0.700. The molecule has 1 aromatic rings. The molecule has 0 aliphatic heterocycles. The lowest BCUT2D eigenvalue weighted by Gasteiger charge is -1.97. The van der Waals surface area contributed by atoms with Gasteiger partial charge in [0, 0.05) is 0 Å². The Kier molecular flexibility index (Phi) is 1.95. The Bertz CT molecular complexity index is 185. The van der Waals surface area contributed by atoms with E-state index in [2.05, 4.69) is 0 Å². The summed E-state index contributed by atoms with van der Waals surface area (Å²) in [6.07, 6.45) is 0. The maximum atomic E-state index is 5.51. The monoisotopic (exact) mass is 143 g/mol. The first-order valence-corrected chi connectivity index (χ1v) is 3.68. The molecule has 1 heterocycles. The van der Waals surface area contributed by atoms with Gasteiger partial charge in [-0.1, -0.05) is 0 Å². The van der Waals surface area contributed by atoms with Crippen molar-refractivity contribution in [3.05, 3.63) is 11.4 Å². The second-order valence-corrected chi connectivity index (χ2v) is 2.48. The predicted octanol–water partition coefficient (Wildman–Crippen LogP) is 1.73. The molecule has 0 amide bonds. The van der Waals surface area contributed by atoms with Crippen molar-refractivity contribution in [2.45, 2.75) is 6.92 Å². The average molecular weight is 143 g/mol. The second-order valence-electron chi connectivity index (χ2n) is 1.60. The fourth-order valence-electron chi connectivity index (χ4n) is 0.554. The number of ether oxygens (including phenoxy) is 1. The van der Waals surface area contributed by atoms with Crippen LogP contribution in [0.5, 0.6) is 5.06 Å². The van der Waals surface area contributed by atoms with Crippen molar-refractivity contribution in [2.24, 2.45) is 0 Å². The molecule has 0 fully saturated rings. The fourth-order valence-corrected chi connectivity index (χ4v) is 1.28. The molecule has 9 heavy (non-hydrogen) atoms. The van der Waals surface area contributed by atoms with Crippen LogP contribution < -0.4 is 10.5 Å². The van der Waals surface area contributed by atoms with Crippen LogP contribution in [0.15, 0.2) is 11.4 Å². The third kappa shape index (κ3) is 1.36. The highest BCUT2D eigenvalue weighted by molar-refractivity contribution is 7.12. The molecule has 2 N–H and O–H groups in total. The van der Waals surface area contributed by atoms with Gasteiger partial charge in [-0.3, -0.25) is 0 Å². The molecule has 0 saturated carbocycles. The first kappa shape index (κ1) is 6.42. The van der Waals surface area contributed by atoms with E-state index < -0.39 is 0 Å². The lowest BCUT2D eigenvalue weighted by atomic mass is 10.5. The quantitative estimate of drug-likeness (QED) is 0.684. The van der Waals surface area contributed by atoms with Gasteiger partial charge in [0.1, 0.15) is 0 Å². The molecule has 0 atom stereocenters. The summed E-state index contributed by atoms with van der Waals surface area (Å²) in [5, 5.41) is 2.75. The third-order valence-electron chi connectivity index (χ3n) is 0.934. The van der Waals surface area contributed by atoms with E-state index in [0.29, 0.717) is 6.61 Å². The van der Waals surface area contributed by atoms with Gasteiger partial charge in [-0.25, -0.2) is 0 Å². The van der Waals surface area contributed by atoms with Crippen molar-refractivity contribution in [1.29, 1.82) is 0 Å². The van der Waals surface area contributed by atoms with Crippen molar-refractivity contribution >= 4 is 17.0 Å². The lowest BCUT2D eigenvalue weighted by molar-refractivity contribution is 0.352. The zero-order valence-corrected chi connectivity index (χ0v) is 6.07. The number of nitrogens with two attached hydrogens (primary N) is 1. The molecule has 0 aliphatic carbocycles. The maximum Gasteiger partial charge on any atom is 0.197 e. The fraction of sp³-hybridized carbons (Fsp3) is 0.333. The minimum atomic E-state index is 0.685. The molecule has 0 aliphatic rings. The molecule has 0 saturated heterocycles. The molecule has 1 aromatic heterocycles. The molecule has 3 heteroatoms. The number of rotatable bonds is 2. The van der Waals surface area contributed by atoms with Crippen molar-refractivity contribution < 1.29 is 4.74 Å². The van der Waals surface area contributed by atoms with E-state index in [0.717, 1.165) is 10.8 Å². The van der Waals surface area contributed by atoms with E-state index in [9.17, 15) is 0 Å². The van der Waals surface area contributed by atoms with Crippen LogP contribution in [0.3, 0.4) is 0 Å². The summed E-state index contributed by atoms with van der Waals surface area (Å²) in [7, 11) is 0. The number of nitrogen functional groups attached to an aromatic ring is 1. The SMILES string of the molecule is CCOc1sccc1N. The summed E-state index contributed by atoms with van der Waals surface area (Å²) in [5.41, 5.74) is 6.25. The third-order valence-corrected chi connectivity index (χ3v) is 1.77. The molecule has 1 rings (SSSR count). The van der Waals surface area contributed by atoms with Crippen LogP contribution in [0.4, 0.5) is 5.69 Å². The van der Waals surface area contributed by atoms with Crippen molar-refractivity contribution in [2.75, 3.05) is 12.3 Å². The molecular formula is C6H9NOS. The van der Waals surface area contributed by atoms with E-state index in [-0.39, 0.29) is 0 Å². The standard InChI is InChI=1S/C6H9NOS/c1-2-8-6-5(7)3-4-9-6/h3-4H,2,7H2,1H3. The van der Waals surface area contributed by atoms with Gasteiger partial charge < -0.3 is 10.5 Å². The summed E-state index contributed by atoms with van der Waals surface area (Å²) in [5.74, 6) is 0. The highest BCUT2D eigenvalue weighted by Crippen LogP contribution is 2.27. The minimum absolute atomic E-state index is 0.685. The van der Waals surface area contributed by atoms with Gasteiger partial charge in [-0.15, -0.1) is 11.3 Å². The predicted molar refractivity (Wildman–Crippen MR) is 39.9 cm³/mol. The summed E-state index contributed by atoms with van der Waals surface area (Å²) in [4.78, 5) is 0. The number of thiophene rings is 1. The van der Waals surface area contributed by atoms with E-state index in [1.165, 1.54) is 11.3 Å². The molecule has 0 bridgehead atoms. The molecular weight excluding hydrogens is 134 g/mol. The Balaban J connectivity index is 2.69. The van der Waals surface area contributed by atoms with Crippen LogP contribution in [-0.4, -0.2) is 6.61 Å². The van der Waals surface area contributed by atoms with E-state index in [1.54, 1.807) is 0 Å². The van der Waals surface area contributed by atoms with E-state index in [1.807, 2.05) is 18.4 Å². The molecule has 0 radical (unpaired) electrons. The Morgan fingerprint density at radius 3 is 3.00 bits per heavy atom. The van der Waals surface area contributed by atoms with Crippen LogP contribution >= 0.6 is 11.3 Å². The number of hydrogen-bond acceptors (Lipinski definition) is 3. The van der Waals surface area contributed by atoms with Crippen LogP contribution in [0.25, 0.3) is 0 Å². The Morgan fingerprint density at radius 1 is 1.78 bits per heavy atom. The largest absolute Gasteiger partial charge is 0.483 e. The van der Waals surface area contributed by atoms with Crippen LogP contribution in [0.1, 0.15) is 6.92 Å². The van der Waals surface area contributed by atoms with Gasteiger partial charge >= 0.3 is 0 Å². The maximum absolute atomic E-state index is 5.51. The van der Waals surface area contributed by atoms with Gasteiger partial charge in [0.25, 0.3) is 0 Å². The zero-order valence-electron chi connectivity index (χ0n) is 5.26. The highest BCUT2D eigenvalue weighted by Gasteiger charge is 1.97. The Morgan fingerprint density at radius 2 is 2.56 bits per heavy atom. The molecule has 0 unspecified atom stereocenters.